The SMILES string of the molecule is O[C@@]1(COCc2ccccc2)[C@@H](NCc2ccccc2)[C@H](OCc2ccccc2)[C@@H](OCc2ccccc2)[C@@H]1OCc1ccccc1. The highest BCUT2D eigenvalue weighted by molar-refractivity contribution is 5.22. The minimum atomic E-state index is -1.50. The molecule has 0 aliphatic heterocycles. The van der Waals surface area contributed by atoms with Gasteiger partial charge in [-0.15, -0.1) is 0 Å². The molecule has 1 aliphatic rings. The summed E-state index contributed by atoms with van der Waals surface area (Å²) in [4.78, 5) is 0. The first kappa shape index (κ1) is 32.8. The molecule has 0 bridgehead atoms. The molecule has 1 aliphatic carbocycles. The molecule has 242 valence electrons. The van der Waals surface area contributed by atoms with Gasteiger partial charge in [-0.2, -0.15) is 0 Å². The van der Waals surface area contributed by atoms with Gasteiger partial charge in [-0.1, -0.05) is 152 Å². The summed E-state index contributed by atoms with van der Waals surface area (Å²) < 4.78 is 26.5. The molecule has 0 unspecified atom stereocenters. The molecule has 6 heteroatoms. The Morgan fingerprint density at radius 2 is 0.851 bits per heavy atom. The van der Waals surface area contributed by atoms with Gasteiger partial charge in [0.1, 0.15) is 23.9 Å². The van der Waals surface area contributed by atoms with E-state index in [9.17, 15) is 5.11 Å². The van der Waals surface area contributed by atoms with Gasteiger partial charge in [0.05, 0.1) is 39.1 Å². The van der Waals surface area contributed by atoms with E-state index >= 15 is 0 Å². The Hall–Kier alpha value is -4.14. The van der Waals surface area contributed by atoms with Crippen molar-refractivity contribution in [3.8, 4) is 0 Å². The van der Waals surface area contributed by atoms with Crippen molar-refractivity contribution < 1.29 is 24.1 Å². The van der Waals surface area contributed by atoms with E-state index < -0.39 is 30.0 Å². The number of hydrogen-bond donors (Lipinski definition) is 2. The van der Waals surface area contributed by atoms with Crippen molar-refractivity contribution in [1.29, 1.82) is 0 Å². The minimum absolute atomic E-state index is 0.0181. The van der Waals surface area contributed by atoms with Crippen LogP contribution in [0.2, 0.25) is 0 Å². The van der Waals surface area contributed by atoms with Crippen LogP contribution in [-0.4, -0.2) is 41.7 Å². The number of aliphatic hydroxyl groups is 1. The maximum absolute atomic E-state index is 12.9. The lowest BCUT2D eigenvalue weighted by atomic mass is 9.95. The third-order valence-electron chi connectivity index (χ3n) is 8.64. The normalized spacial score (nSPS) is 22.3. The lowest BCUT2D eigenvalue weighted by molar-refractivity contribution is -0.175. The van der Waals surface area contributed by atoms with Gasteiger partial charge in [0.2, 0.25) is 0 Å². The number of benzene rings is 5. The van der Waals surface area contributed by atoms with E-state index in [0.717, 1.165) is 27.8 Å². The van der Waals surface area contributed by atoms with Crippen LogP contribution in [0.5, 0.6) is 0 Å². The summed E-state index contributed by atoms with van der Waals surface area (Å²) in [5, 5.41) is 16.6. The second-order valence-electron chi connectivity index (χ2n) is 12.1. The molecular formula is C41H43NO5. The fraction of sp³-hybridized carbons (Fsp3) is 0.268. The van der Waals surface area contributed by atoms with E-state index in [1.165, 1.54) is 0 Å². The average molecular weight is 630 g/mol. The molecule has 0 spiro atoms. The van der Waals surface area contributed by atoms with Crippen LogP contribution in [0.15, 0.2) is 152 Å². The lowest BCUT2D eigenvalue weighted by Crippen LogP contribution is -2.58. The standard InChI is InChI=1S/C41H43NO5/c43-41(31-44-27-33-18-8-2-9-19-33)39(42-26-32-16-6-1-7-17-32)37(45-28-34-20-10-3-11-21-34)38(46-29-35-22-12-4-13-23-35)40(41)47-30-36-24-14-5-15-25-36/h1-25,37-40,42-43H,26-31H2/t37-,38-,39+,40+,41+/m1/s1. The second kappa shape index (κ2) is 16.6. The van der Waals surface area contributed by atoms with Crippen molar-refractivity contribution in [1.82, 2.24) is 5.32 Å². The first-order valence-electron chi connectivity index (χ1n) is 16.3. The summed E-state index contributed by atoms with van der Waals surface area (Å²) in [6.45, 7) is 1.89. The van der Waals surface area contributed by atoms with Gasteiger partial charge >= 0.3 is 0 Å². The van der Waals surface area contributed by atoms with Gasteiger partial charge in [0, 0.05) is 6.54 Å². The highest BCUT2D eigenvalue weighted by Crippen LogP contribution is 2.39. The maximum atomic E-state index is 12.9. The van der Waals surface area contributed by atoms with Crippen LogP contribution >= 0.6 is 0 Å². The molecule has 0 aromatic heterocycles. The Balaban J connectivity index is 1.34. The summed E-state index contributed by atoms with van der Waals surface area (Å²) in [5.74, 6) is 0. The number of hydrogen-bond acceptors (Lipinski definition) is 6. The Kier molecular flexibility index (Phi) is 11.6. The quantitative estimate of drug-likeness (QED) is 0.124. The summed E-state index contributed by atoms with van der Waals surface area (Å²) in [7, 11) is 0. The Morgan fingerprint density at radius 3 is 1.32 bits per heavy atom. The maximum Gasteiger partial charge on any atom is 0.134 e. The van der Waals surface area contributed by atoms with Crippen LogP contribution in [0.3, 0.4) is 0 Å². The van der Waals surface area contributed by atoms with Crippen LogP contribution < -0.4 is 5.32 Å². The van der Waals surface area contributed by atoms with Crippen molar-refractivity contribution in [2.75, 3.05) is 6.61 Å². The molecule has 0 saturated heterocycles. The molecule has 1 fully saturated rings. The molecule has 5 aromatic carbocycles. The zero-order valence-corrected chi connectivity index (χ0v) is 26.6. The number of nitrogens with one attached hydrogen (secondary N) is 1. The topological polar surface area (TPSA) is 69.2 Å². The van der Waals surface area contributed by atoms with Crippen molar-refractivity contribution in [2.45, 2.75) is 62.9 Å². The van der Waals surface area contributed by atoms with Crippen molar-refractivity contribution in [2.24, 2.45) is 0 Å². The summed E-state index contributed by atoms with van der Waals surface area (Å²) in [5.41, 5.74) is 3.69. The summed E-state index contributed by atoms with van der Waals surface area (Å²) in [6.07, 6.45) is -1.94. The van der Waals surface area contributed by atoms with Gasteiger partial charge in [0.15, 0.2) is 0 Å². The van der Waals surface area contributed by atoms with Crippen LogP contribution in [0, 0.1) is 0 Å². The molecule has 0 amide bonds. The largest absolute Gasteiger partial charge is 0.383 e. The number of ether oxygens (including phenoxy) is 4. The molecule has 5 aromatic rings. The summed E-state index contributed by atoms with van der Waals surface area (Å²) in [6, 6.07) is 49.7. The first-order chi connectivity index (χ1) is 23.2. The van der Waals surface area contributed by atoms with Gasteiger partial charge in [-0.3, -0.25) is 0 Å². The van der Waals surface area contributed by atoms with Crippen LogP contribution in [-0.2, 0) is 51.9 Å². The van der Waals surface area contributed by atoms with Crippen molar-refractivity contribution in [3.63, 3.8) is 0 Å². The third kappa shape index (κ3) is 8.82. The van der Waals surface area contributed by atoms with E-state index in [4.69, 9.17) is 18.9 Å². The highest BCUT2D eigenvalue weighted by Gasteiger charge is 2.62. The van der Waals surface area contributed by atoms with E-state index in [0.29, 0.717) is 33.0 Å². The lowest BCUT2D eigenvalue weighted by Gasteiger charge is -2.36. The predicted octanol–water partition coefficient (Wildman–Crippen LogP) is 6.86. The smallest absolute Gasteiger partial charge is 0.134 e. The minimum Gasteiger partial charge on any atom is -0.383 e. The molecule has 47 heavy (non-hydrogen) atoms. The van der Waals surface area contributed by atoms with E-state index in [1.807, 2.05) is 140 Å². The Labute approximate surface area is 277 Å². The number of rotatable bonds is 16. The van der Waals surface area contributed by atoms with Crippen LogP contribution in [0.1, 0.15) is 27.8 Å². The third-order valence-corrected chi connectivity index (χ3v) is 8.64. The van der Waals surface area contributed by atoms with E-state index in [2.05, 4.69) is 17.4 Å². The molecular weight excluding hydrogens is 586 g/mol. The fourth-order valence-electron chi connectivity index (χ4n) is 6.21. The zero-order valence-electron chi connectivity index (χ0n) is 26.6. The monoisotopic (exact) mass is 629 g/mol. The van der Waals surface area contributed by atoms with Gasteiger partial charge in [-0.25, -0.2) is 0 Å². The van der Waals surface area contributed by atoms with Gasteiger partial charge in [-0.05, 0) is 27.8 Å². The average Bonchev–Trinajstić information content (AvgIpc) is 3.35. The molecule has 6 nitrogen and oxygen atoms in total. The second-order valence-corrected chi connectivity index (χ2v) is 12.1. The van der Waals surface area contributed by atoms with Crippen molar-refractivity contribution >= 4 is 0 Å². The molecule has 1 saturated carbocycles. The first-order valence-corrected chi connectivity index (χ1v) is 16.3. The van der Waals surface area contributed by atoms with Gasteiger partial charge in [0.25, 0.3) is 0 Å². The fourth-order valence-corrected chi connectivity index (χ4v) is 6.21. The Morgan fingerprint density at radius 1 is 0.468 bits per heavy atom. The molecule has 6 rings (SSSR count). The highest BCUT2D eigenvalue weighted by atomic mass is 16.6. The molecule has 5 atom stereocenters. The van der Waals surface area contributed by atoms with Crippen LogP contribution in [0.4, 0.5) is 0 Å². The molecule has 2 N–H and O–H groups in total. The Bertz CT molecular complexity index is 1490. The van der Waals surface area contributed by atoms with Crippen LogP contribution in [0.25, 0.3) is 0 Å². The summed E-state index contributed by atoms with van der Waals surface area (Å²) >= 11 is 0. The van der Waals surface area contributed by atoms with E-state index in [1.54, 1.807) is 0 Å². The zero-order chi connectivity index (χ0) is 32.2. The molecule has 0 radical (unpaired) electrons. The van der Waals surface area contributed by atoms with Crippen molar-refractivity contribution in [3.05, 3.63) is 179 Å². The predicted molar refractivity (Wildman–Crippen MR) is 183 cm³/mol. The van der Waals surface area contributed by atoms with Gasteiger partial charge < -0.3 is 29.4 Å². The molecule has 0 heterocycles. The van der Waals surface area contributed by atoms with E-state index in [-0.39, 0.29) is 6.61 Å².